The van der Waals surface area contributed by atoms with Gasteiger partial charge >= 0.3 is 0 Å². The number of fused-ring (bicyclic) bond motifs is 1. The lowest BCUT2D eigenvalue weighted by Gasteiger charge is -2.14. The maximum atomic E-state index is 11.9. The highest BCUT2D eigenvalue weighted by atomic mass is 16.2. The number of anilines is 1. The first kappa shape index (κ1) is 12.6. The fraction of sp³-hybridized carbons (Fsp3) is 0.429. The van der Waals surface area contributed by atoms with Gasteiger partial charge in [0.2, 0.25) is 0 Å². The van der Waals surface area contributed by atoms with Gasteiger partial charge in [-0.15, -0.1) is 0 Å². The van der Waals surface area contributed by atoms with E-state index >= 15 is 0 Å². The van der Waals surface area contributed by atoms with Crippen LogP contribution in [-0.4, -0.2) is 36.7 Å². The third-order valence-corrected chi connectivity index (χ3v) is 3.25. The third-order valence-electron chi connectivity index (χ3n) is 3.25. The number of carbonyl (C=O) groups excluding carboxylic acids is 2. The lowest BCUT2D eigenvalue weighted by molar-refractivity contribution is -0.119. The molecule has 2 rings (SSSR count). The molecule has 1 aromatic rings. The molecule has 1 aromatic carbocycles. The molecule has 0 saturated heterocycles. The number of benzene rings is 1. The van der Waals surface area contributed by atoms with E-state index in [9.17, 15) is 9.59 Å². The smallest absolute Gasteiger partial charge is 0.253 e. The van der Waals surface area contributed by atoms with Gasteiger partial charge in [0.15, 0.2) is 5.78 Å². The number of hydrogen-bond donors (Lipinski definition) is 1. The number of amides is 1. The number of carbonyl (C=O) groups is 2. The third kappa shape index (κ3) is 2.37. The predicted molar refractivity (Wildman–Crippen MR) is 70.9 cm³/mol. The lowest BCUT2D eigenvalue weighted by atomic mass is 10.0. The monoisotopic (exact) mass is 246 g/mol. The molecule has 0 aromatic heterocycles. The Morgan fingerprint density at radius 1 is 1.33 bits per heavy atom. The Hall–Kier alpha value is -1.84. The van der Waals surface area contributed by atoms with Crippen LogP contribution in [0.4, 0.5) is 5.69 Å². The molecule has 1 aliphatic heterocycles. The second-order valence-corrected chi connectivity index (χ2v) is 4.90. The van der Waals surface area contributed by atoms with Crippen molar-refractivity contribution in [1.29, 1.82) is 0 Å². The summed E-state index contributed by atoms with van der Waals surface area (Å²) in [6, 6.07) is 5.43. The predicted octanol–water partition coefficient (Wildman–Crippen LogP) is 1.70. The molecule has 4 nitrogen and oxygen atoms in total. The van der Waals surface area contributed by atoms with E-state index in [0.717, 1.165) is 11.3 Å². The van der Waals surface area contributed by atoms with Crippen LogP contribution in [0.5, 0.6) is 0 Å². The highest BCUT2D eigenvalue weighted by molar-refractivity contribution is 5.95. The molecule has 4 heteroatoms. The Morgan fingerprint density at radius 2 is 2.06 bits per heavy atom. The highest BCUT2D eigenvalue weighted by Gasteiger charge is 2.20. The zero-order valence-electron chi connectivity index (χ0n) is 11.0. The van der Waals surface area contributed by atoms with Crippen LogP contribution in [-0.2, 0) is 11.2 Å². The summed E-state index contributed by atoms with van der Waals surface area (Å²) >= 11 is 0. The topological polar surface area (TPSA) is 49.4 Å². The number of Topliss-reactive ketones (excluding diaryl/α,β-unsaturated/α-hetero) is 1. The molecule has 1 unspecified atom stereocenters. The molecular formula is C14H18N2O2. The first-order valence-electron chi connectivity index (χ1n) is 6.13. The van der Waals surface area contributed by atoms with Crippen molar-refractivity contribution in [3.63, 3.8) is 0 Å². The minimum atomic E-state index is -0.151. The summed E-state index contributed by atoms with van der Waals surface area (Å²) in [7, 11) is 3.47. The Bertz CT molecular complexity index is 495. The first-order valence-corrected chi connectivity index (χ1v) is 6.13. The zero-order chi connectivity index (χ0) is 13.3. The summed E-state index contributed by atoms with van der Waals surface area (Å²) < 4.78 is 0. The molecule has 0 bridgehead atoms. The summed E-state index contributed by atoms with van der Waals surface area (Å²) in [5.41, 5.74) is 2.67. The summed E-state index contributed by atoms with van der Waals surface area (Å²) in [5, 5.41) is 3.19. The molecule has 1 atom stereocenters. The quantitative estimate of drug-likeness (QED) is 0.820. The summed E-state index contributed by atoms with van der Waals surface area (Å²) in [4.78, 5) is 25.1. The van der Waals surface area contributed by atoms with Gasteiger partial charge < -0.3 is 10.2 Å². The van der Waals surface area contributed by atoms with E-state index in [-0.39, 0.29) is 17.7 Å². The number of hydrogen-bond acceptors (Lipinski definition) is 3. The average molecular weight is 246 g/mol. The number of nitrogens with one attached hydrogen (secondary N) is 1. The molecule has 18 heavy (non-hydrogen) atoms. The van der Waals surface area contributed by atoms with E-state index in [1.807, 2.05) is 19.1 Å². The van der Waals surface area contributed by atoms with Crippen LogP contribution in [0.25, 0.3) is 0 Å². The molecule has 0 fully saturated rings. The van der Waals surface area contributed by atoms with Gasteiger partial charge in [0.25, 0.3) is 5.91 Å². The Balaban J connectivity index is 2.33. The molecule has 1 aliphatic rings. The lowest BCUT2D eigenvalue weighted by Crippen LogP contribution is -2.24. The van der Waals surface area contributed by atoms with Crippen molar-refractivity contribution in [3.05, 3.63) is 29.3 Å². The van der Waals surface area contributed by atoms with Crippen LogP contribution in [0.3, 0.4) is 0 Å². The van der Waals surface area contributed by atoms with E-state index in [2.05, 4.69) is 5.32 Å². The largest absolute Gasteiger partial charge is 0.375 e. The van der Waals surface area contributed by atoms with Crippen molar-refractivity contribution in [2.75, 3.05) is 19.4 Å². The molecule has 1 N–H and O–H groups in total. The zero-order valence-corrected chi connectivity index (χ0v) is 11.0. The van der Waals surface area contributed by atoms with Crippen molar-refractivity contribution < 1.29 is 9.59 Å². The normalized spacial score (nSPS) is 18.6. The second kappa shape index (κ2) is 4.80. The summed E-state index contributed by atoms with van der Waals surface area (Å²) in [6.45, 7) is 1.87. The van der Waals surface area contributed by atoms with Crippen molar-refractivity contribution >= 4 is 17.4 Å². The van der Waals surface area contributed by atoms with Crippen molar-refractivity contribution in [2.45, 2.75) is 25.8 Å². The van der Waals surface area contributed by atoms with E-state index < -0.39 is 0 Å². The Labute approximate surface area is 107 Å². The summed E-state index contributed by atoms with van der Waals surface area (Å²) in [6.07, 6.45) is 1.22. The van der Waals surface area contributed by atoms with Gasteiger partial charge in [0, 0.05) is 31.8 Å². The molecule has 0 aliphatic carbocycles. The number of aryl methyl sites for hydroxylation is 1. The van der Waals surface area contributed by atoms with Crippen LogP contribution >= 0.6 is 0 Å². The van der Waals surface area contributed by atoms with Gasteiger partial charge in [-0.25, -0.2) is 0 Å². The molecule has 96 valence electrons. The van der Waals surface area contributed by atoms with E-state index in [1.165, 1.54) is 0 Å². The highest BCUT2D eigenvalue weighted by Crippen LogP contribution is 2.24. The number of rotatable bonds is 1. The van der Waals surface area contributed by atoms with Gasteiger partial charge in [-0.05, 0) is 37.1 Å². The molecular weight excluding hydrogens is 228 g/mol. The maximum Gasteiger partial charge on any atom is 0.253 e. The fourth-order valence-electron chi connectivity index (χ4n) is 2.12. The minimum Gasteiger partial charge on any atom is -0.375 e. The van der Waals surface area contributed by atoms with E-state index in [4.69, 9.17) is 0 Å². The average Bonchev–Trinajstić information content (AvgIpc) is 2.48. The standard InChI is InChI=1S/C14H18N2O2/c1-9-13(17)7-5-10-8-11(14(18)16(2)3)4-6-12(10)15-9/h4,6,8-9,15H,5,7H2,1-3H3. The van der Waals surface area contributed by atoms with Gasteiger partial charge in [-0.2, -0.15) is 0 Å². The SMILES string of the molecule is CC1Nc2ccc(C(=O)N(C)C)cc2CCC1=O. The Kier molecular flexibility index (Phi) is 3.36. The summed E-state index contributed by atoms with van der Waals surface area (Å²) in [5.74, 6) is 0.202. The van der Waals surface area contributed by atoms with Crippen molar-refractivity contribution in [1.82, 2.24) is 4.90 Å². The number of ketones is 1. The second-order valence-electron chi connectivity index (χ2n) is 4.90. The van der Waals surface area contributed by atoms with Gasteiger partial charge in [-0.1, -0.05) is 0 Å². The van der Waals surface area contributed by atoms with Crippen LogP contribution in [0.2, 0.25) is 0 Å². The van der Waals surface area contributed by atoms with Crippen LogP contribution in [0.1, 0.15) is 29.3 Å². The molecule has 0 saturated carbocycles. The van der Waals surface area contributed by atoms with Gasteiger partial charge in [-0.3, -0.25) is 9.59 Å². The van der Waals surface area contributed by atoms with Crippen LogP contribution in [0, 0.1) is 0 Å². The first-order chi connectivity index (χ1) is 8.49. The fourth-order valence-corrected chi connectivity index (χ4v) is 2.12. The van der Waals surface area contributed by atoms with Crippen molar-refractivity contribution in [3.8, 4) is 0 Å². The van der Waals surface area contributed by atoms with Gasteiger partial charge in [0.05, 0.1) is 6.04 Å². The van der Waals surface area contributed by atoms with Crippen LogP contribution < -0.4 is 5.32 Å². The molecule has 0 radical (unpaired) electrons. The minimum absolute atomic E-state index is 0.0126. The maximum absolute atomic E-state index is 11.9. The van der Waals surface area contributed by atoms with E-state index in [1.54, 1.807) is 25.1 Å². The number of nitrogens with zero attached hydrogens (tertiary/aromatic N) is 1. The van der Waals surface area contributed by atoms with Crippen molar-refractivity contribution in [2.24, 2.45) is 0 Å². The molecule has 1 amide bonds. The molecule has 1 heterocycles. The van der Waals surface area contributed by atoms with Crippen LogP contribution in [0.15, 0.2) is 18.2 Å². The van der Waals surface area contributed by atoms with Gasteiger partial charge in [0.1, 0.15) is 0 Å². The van der Waals surface area contributed by atoms with E-state index in [0.29, 0.717) is 18.4 Å². The Morgan fingerprint density at radius 3 is 2.72 bits per heavy atom. The molecule has 0 spiro atoms.